The molecule has 0 aliphatic carbocycles. The minimum Gasteiger partial charge on any atom is -0.777 e. The Morgan fingerprint density at radius 2 is 1.27 bits per heavy atom. The largest absolute Gasteiger partial charge is 0.777 e. The Morgan fingerprint density at radius 3 is 1.65 bits per heavy atom. The van der Waals surface area contributed by atoms with Gasteiger partial charge in [-0.05, 0) is 6.42 Å². The van der Waals surface area contributed by atoms with Crippen LogP contribution in [0.4, 0.5) is 4.79 Å². The van der Waals surface area contributed by atoms with Gasteiger partial charge < -0.3 is 38.2 Å². The Hall–Kier alpha value is -0.700. The van der Waals surface area contributed by atoms with E-state index in [1.807, 2.05) is 21.1 Å². The molecule has 2 unspecified atom stereocenters. The van der Waals surface area contributed by atoms with Gasteiger partial charge in [0.15, 0.2) is 19.5 Å². The van der Waals surface area contributed by atoms with Gasteiger partial charge in [0.2, 0.25) is 0 Å². The van der Waals surface area contributed by atoms with E-state index in [1.165, 1.54) is 83.5 Å². The van der Waals surface area contributed by atoms with Crippen molar-refractivity contribution in [1.82, 2.24) is 0 Å². The van der Waals surface area contributed by atoms with Crippen molar-refractivity contribution < 1.29 is 42.9 Å². The van der Waals surface area contributed by atoms with Crippen molar-refractivity contribution in [3.8, 4) is 0 Å². The molecule has 0 saturated carbocycles. The van der Waals surface area contributed by atoms with Gasteiger partial charge >= 0.3 is 6.16 Å². The summed E-state index contributed by atoms with van der Waals surface area (Å²) in [7, 11) is 1.10. The summed E-state index contributed by atoms with van der Waals surface area (Å²) in [5.41, 5.74) is 0. The Kier molecular flexibility index (Phi) is 21.7. The van der Waals surface area contributed by atoms with E-state index in [0.717, 1.165) is 19.3 Å². The number of nitrogens with zero attached hydrogens (tertiary/aromatic N) is 1. The predicted octanol–water partition coefficient (Wildman–Crippen LogP) is 5.92. The molecule has 0 aromatic rings. The summed E-state index contributed by atoms with van der Waals surface area (Å²) in [5, 5.41) is 17.8. The van der Waals surface area contributed by atoms with Gasteiger partial charge in [0.05, 0.1) is 34.4 Å². The van der Waals surface area contributed by atoms with Crippen molar-refractivity contribution >= 4 is 13.8 Å². The lowest BCUT2D eigenvalue weighted by molar-refractivity contribution is -0.872. The quantitative estimate of drug-likeness (QED) is 0.0585. The van der Waals surface area contributed by atoms with Crippen molar-refractivity contribution in [3.05, 3.63) is 0 Å². The number of carboxylic acid groups (broad SMARTS) is 1. The van der Waals surface area contributed by atoms with Gasteiger partial charge in [0.25, 0.3) is 0 Å². The first-order valence-electron chi connectivity index (χ1n) is 14.4. The minimum atomic E-state index is -4.47. The van der Waals surface area contributed by atoms with E-state index in [1.54, 1.807) is 0 Å². The summed E-state index contributed by atoms with van der Waals surface area (Å²) in [6, 6.07) is 0. The first kappa shape index (κ1) is 36.3. The Morgan fingerprint density at radius 1 is 0.838 bits per heavy atom. The maximum Gasteiger partial charge on any atom is 0.506 e. The Labute approximate surface area is 226 Å². The van der Waals surface area contributed by atoms with Crippen LogP contribution in [-0.2, 0) is 18.6 Å². The molecular weight excluding hydrogens is 497 g/mol. The Bertz CT molecular complexity index is 599. The van der Waals surface area contributed by atoms with Gasteiger partial charge in [-0.25, -0.2) is 4.79 Å². The lowest BCUT2D eigenvalue weighted by Gasteiger charge is -2.36. The molecule has 0 fully saturated rings. The molecule has 0 spiro atoms. The second-order valence-electron chi connectivity index (χ2n) is 11.1. The number of hydrogen-bond donors (Lipinski definition) is 2. The maximum atomic E-state index is 12.7. The first-order valence-corrected chi connectivity index (χ1v) is 16.0. The van der Waals surface area contributed by atoms with Crippen molar-refractivity contribution in [2.75, 3.05) is 47.5 Å². The zero-order valence-electron chi connectivity index (χ0n) is 24.0. The average molecular weight is 554 g/mol. The summed E-state index contributed by atoms with van der Waals surface area (Å²) in [6.07, 6.45) is 17.4. The summed E-state index contributed by atoms with van der Waals surface area (Å²) >= 11 is 0. The number of unbranched alkanes of at least 4 members (excludes halogenated alkanes) is 15. The van der Waals surface area contributed by atoms with Gasteiger partial charge in [-0.1, -0.05) is 103 Å². The summed E-state index contributed by atoms with van der Waals surface area (Å²) in [4.78, 5) is 23.3. The number of ether oxygens (including phenoxy) is 2. The van der Waals surface area contributed by atoms with E-state index in [2.05, 4.69) is 11.7 Å². The van der Waals surface area contributed by atoms with Crippen molar-refractivity contribution in [3.63, 3.8) is 0 Å². The maximum absolute atomic E-state index is 12.7. The third-order valence-electron chi connectivity index (χ3n) is 6.28. The Balaban J connectivity index is 4.02. The molecule has 10 heteroatoms. The number of likely N-dealkylation sites (N-methyl/N-ethyl adjacent to an activating group) is 1. The minimum absolute atomic E-state index is 0.184. The van der Waals surface area contributed by atoms with Crippen molar-refractivity contribution in [2.45, 2.75) is 122 Å². The number of quaternary nitrogens is 1. The lowest BCUT2D eigenvalue weighted by Crippen LogP contribution is -2.44. The molecular formula is C27H56NO8P. The smallest absolute Gasteiger partial charge is 0.506 e. The molecule has 0 amide bonds. The van der Waals surface area contributed by atoms with Crippen LogP contribution in [0, 0.1) is 0 Å². The molecule has 2 N–H and O–H groups in total. The van der Waals surface area contributed by atoms with Crippen LogP contribution >= 0.6 is 7.60 Å². The highest BCUT2D eigenvalue weighted by Gasteiger charge is 2.31. The number of hydrogen-bond acceptors (Lipinski definition) is 7. The van der Waals surface area contributed by atoms with Crippen molar-refractivity contribution in [2.24, 2.45) is 0 Å². The molecule has 0 aromatic carbocycles. The number of rotatable bonds is 26. The highest BCUT2D eigenvalue weighted by atomic mass is 31.2. The van der Waals surface area contributed by atoms with Crippen LogP contribution in [-0.4, -0.2) is 80.3 Å². The van der Waals surface area contributed by atoms with Gasteiger partial charge in [0, 0.05) is 6.61 Å². The zero-order valence-corrected chi connectivity index (χ0v) is 24.9. The predicted molar refractivity (Wildman–Crippen MR) is 146 cm³/mol. The van der Waals surface area contributed by atoms with Crippen LogP contribution in [0.2, 0.25) is 0 Å². The molecule has 37 heavy (non-hydrogen) atoms. The third kappa shape index (κ3) is 22.9. The van der Waals surface area contributed by atoms with E-state index in [0.29, 0.717) is 11.1 Å². The van der Waals surface area contributed by atoms with Gasteiger partial charge in [-0.3, -0.25) is 0 Å². The number of carbonyl (C=O) groups is 1. The molecule has 0 saturated heterocycles. The lowest BCUT2D eigenvalue weighted by atomic mass is 10.0. The van der Waals surface area contributed by atoms with Gasteiger partial charge in [0.1, 0.15) is 6.54 Å². The fraction of sp³-hybridized carbons (Fsp3) is 0.963. The molecule has 0 bridgehead atoms. The summed E-state index contributed by atoms with van der Waals surface area (Å²) in [5.74, 6) is -1.16. The zero-order chi connectivity index (χ0) is 28.0. The van der Waals surface area contributed by atoms with Crippen LogP contribution < -0.4 is 4.89 Å². The molecule has 0 rings (SSSR count). The second kappa shape index (κ2) is 22.2. The van der Waals surface area contributed by atoms with Gasteiger partial charge in [-0.2, -0.15) is 0 Å². The molecule has 0 aromatic heterocycles. The highest BCUT2D eigenvalue weighted by molar-refractivity contribution is 7.52. The molecule has 0 aliphatic heterocycles. The monoisotopic (exact) mass is 553 g/mol. The normalized spacial score (nSPS) is 15.3. The standard InChI is InChI=1S/C27H56NO8P/c1-5-6-7-8-9-10-11-12-13-14-15-16-17-18-19-20-21-34-26(22-28(2,3)4)37(32,33)35-24-25(23-29)36-27(30)31/h25-26,29H,5-24H2,1-4H3,(H-,30,31,32,33)/t25-,26?/m1/s1. The van der Waals surface area contributed by atoms with E-state index in [9.17, 15) is 14.3 Å². The second-order valence-corrected chi connectivity index (χ2v) is 13.0. The molecule has 9 nitrogen and oxygen atoms in total. The van der Waals surface area contributed by atoms with Crippen LogP contribution in [0.15, 0.2) is 0 Å². The van der Waals surface area contributed by atoms with E-state index in [-0.39, 0.29) is 6.54 Å². The van der Waals surface area contributed by atoms with E-state index >= 15 is 0 Å². The van der Waals surface area contributed by atoms with Gasteiger partial charge in [-0.15, -0.1) is 0 Å². The van der Waals surface area contributed by atoms with Crippen LogP contribution in [0.1, 0.15) is 110 Å². The van der Waals surface area contributed by atoms with Crippen molar-refractivity contribution in [1.29, 1.82) is 0 Å². The average Bonchev–Trinajstić information content (AvgIpc) is 2.82. The molecule has 3 atom stereocenters. The third-order valence-corrected chi connectivity index (χ3v) is 7.80. The summed E-state index contributed by atoms with van der Waals surface area (Å²) in [6.45, 7) is 1.50. The topological polar surface area (TPSA) is 125 Å². The molecule has 0 heterocycles. The van der Waals surface area contributed by atoms with Crippen LogP contribution in [0.25, 0.3) is 0 Å². The molecule has 0 aliphatic rings. The fourth-order valence-electron chi connectivity index (χ4n) is 4.12. The van der Waals surface area contributed by atoms with Crippen LogP contribution in [0.5, 0.6) is 0 Å². The highest BCUT2D eigenvalue weighted by Crippen LogP contribution is 2.44. The van der Waals surface area contributed by atoms with E-state index < -0.39 is 38.9 Å². The fourth-order valence-corrected chi connectivity index (χ4v) is 5.64. The van der Waals surface area contributed by atoms with E-state index in [4.69, 9.17) is 19.5 Å². The summed E-state index contributed by atoms with van der Waals surface area (Å²) < 4.78 is 28.2. The number of aliphatic hydroxyl groups is 1. The molecule has 222 valence electrons. The number of aliphatic hydroxyl groups excluding tert-OH is 1. The molecule has 0 radical (unpaired) electrons. The SMILES string of the molecule is CCCCCCCCCCCCCCCCCCOC(C[N+](C)(C)C)P(=O)([O-])OC[C@@H](CO)OC(=O)O. The first-order chi connectivity index (χ1) is 17.5. The van der Waals surface area contributed by atoms with Crippen LogP contribution in [0.3, 0.4) is 0 Å².